The van der Waals surface area contributed by atoms with Crippen LogP contribution >= 0.6 is 27.3 Å². The van der Waals surface area contributed by atoms with Gasteiger partial charge in [-0.1, -0.05) is 27.7 Å². The van der Waals surface area contributed by atoms with E-state index in [1.807, 2.05) is 0 Å². The summed E-state index contributed by atoms with van der Waals surface area (Å²) in [7, 11) is 2.21. The molecule has 2 nitrogen and oxygen atoms in total. The van der Waals surface area contributed by atoms with Crippen molar-refractivity contribution in [2.24, 2.45) is 5.41 Å². The third-order valence-corrected chi connectivity index (χ3v) is 4.92. The van der Waals surface area contributed by atoms with E-state index in [0.717, 1.165) is 19.6 Å². The lowest BCUT2D eigenvalue weighted by Crippen LogP contribution is -2.42. The van der Waals surface area contributed by atoms with E-state index in [-0.39, 0.29) is 0 Å². The zero-order chi connectivity index (χ0) is 14.5. The predicted molar refractivity (Wildman–Crippen MR) is 89.9 cm³/mol. The van der Waals surface area contributed by atoms with Crippen molar-refractivity contribution in [3.8, 4) is 0 Å². The molecule has 0 bridgehead atoms. The maximum absolute atomic E-state index is 3.61. The van der Waals surface area contributed by atoms with E-state index in [2.05, 4.69) is 72.3 Å². The van der Waals surface area contributed by atoms with E-state index in [1.54, 1.807) is 11.3 Å². The lowest BCUT2D eigenvalue weighted by Gasteiger charge is -2.32. The molecule has 1 rings (SSSR count). The minimum absolute atomic E-state index is 0.322. The molecule has 110 valence electrons. The first kappa shape index (κ1) is 17.2. The van der Waals surface area contributed by atoms with E-state index >= 15 is 0 Å². The molecule has 0 aliphatic rings. The van der Waals surface area contributed by atoms with Gasteiger partial charge in [0.05, 0.1) is 3.79 Å². The van der Waals surface area contributed by atoms with Crippen LogP contribution in [0.5, 0.6) is 0 Å². The molecule has 0 amide bonds. The summed E-state index contributed by atoms with van der Waals surface area (Å²) in [4.78, 5) is 2.41. The summed E-state index contributed by atoms with van der Waals surface area (Å²) in [6.07, 6.45) is 1.19. The zero-order valence-corrected chi connectivity index (χ0v) is 15.2. The Morgan fingerprint density at radius 2 is 2.11 bits per heavy atom. The molecular formula is C15H27BrN2S. The minimum Gasteiger partial charge on any atom is -0.314 e. The number of hydrogen-bond acceptors (Lipinski definition) is 3. The van der Waals surface area contributed by atoms with Crippen LogP contribution in [-0.2, 0) is 6.54 Å². The normalized spacial score (nSPS) is 14.1. The second-order valence-corrected chi connectivity index (χ2v) is 8.55. The molecule has 0 radical (unpaired) electrons. The molecule has 1 aromatic heterocycles. The van der Waals surface area contributed by atoms with Crippen molar-refractivity contribution < 1.29 is 0 Å². The molecule has 0 aromatic carbocycles. The number of rotatable bonds is 7. The summed E-state index contributed by atoms with van der Waals surface area (Å²) in [6.45, 7) is 12.3. The van der Waals surface area contributed by atoms with Crippen LogP contribution in [0.2, 0.25) is 0 Å². The molecule has 0 saturated carbocycles. The lowest BCUT2D eigenvalue weighted by atomic mass is 9.84. The molecule has 1 aromatic rings. The topological polar surface area (TPSA) is 15.3 Å². The van der Waals surface area contributed by atoms with Gasteiger partial charge in [-0.3, -0.25) is 0 Å². The number of thiophene rings is 1. The Morgan fingerprint density at radius 1 is 1.42 bits per heavy atom. The van der Waals surface area contributed by atoms with E-state index in [9.17, 15) is 0 Å². The summed E-state index contributed by atoms with van der Waals surface area (Å²) >= 11 is 5.28. The van der Waals surface area contributed by atoms with Crippen molar-refractivity contribution in [2.75, 3.05) is 20.1 Å². The lowest BCUT2D eigenvalue weighted by molar-refractivity contribution is 0.221. The molecule has 1 N–H and O–H groups in total. The minimum atomic E-state index is 0.322. The van der Waals surface area contributed by atoms with Crippen molar-refractivity contribution in [1.29, 1.82) is 0 Å². The molecule has 19 heavy (non-hydrogen) atoms. The van der Waals surface area contributed by atoms with Crippen LogP contribution in [-0.4, -0.2) is 31.1 Å². The van der Waals surface area contributed by atoms with Gasteiger partial charge >= 0.3 is 0 Å². The van der Waals surface area contributed by atoms with Gasteiger partial charge in [-0.2, -0.15) is 0 Å². The quantitative estimate of drug-likeness (QED) is 0.789. The Labute approximate surface area is 130 Å². The molecule has 1 unspecified atom stereocenters. The van der Waals surface area contributed by atoms with Gasteiger partial charge < -0.3 is 10.2 Å². The highest BCUT2D eigenvalue weighted by Crippen LogP contribution is 2.23. The zero-order valence-electron chi connectivity index (χ0n) is 12.8. The first-order valence-electron chi connectivity index (χ1n) is 6.97. The maximum atomic E-state index is 3.61. The van der Waals surface area contributed by atoms with Crippen LogP contribution in [0.15, 0.2) is 15.2 Å². The standard InChI is InChI=1S/C15H27BrN2S/c1-6-17-13(15(2,3)4)7-8-18(5)10-12-9-14(16)19-11-12/h9,11,13,17H,6-8,10H2,1-5H3. The van der Waals surface area contributed by atoms with Crippen LogP contribution in [0, 0.1) is 5.41 Å². The van der Waals surface area contributed by atoms with Gasteiger partial charge in [-0.05, 0) is 64.9 Å². The molecule has 0 saturated heterocycles. The molecule has 0 aliphatic carbocycles. The second kappa shape index (κ2) is 7.77. The van der Waals surface area contributed by atoms with Crippen LogP contribution < -0.4 is 5.32 Å². The molecule has 0 aliphatic heterocycles. The fraction of sp³-hybridized carbons (Fsp3) is 0.733. The Kier molecular flexibility index (Phi) is 7.01. The fourth-order valence-electron chi connectivity index (χ4n) is 2.26. The average molecular weight is 347 g/mol. The maximum Gasteiger partial charge on any atom is 0.0701 e. The first-order chi connectivity index (χ1) is 8.82. The summed E-state index contributed by atoms with van der Waals surface area (Å²) in [5.74, 6) is 0. The SMILES string of the molecule is CCNC(CCN(C)Cc1csc(Br)c1)C(C)(C)C. The molecule has 1 atom stereocenters. The van der Waals surface area contributed by atoms with E-state index in [0.29, 0.717) is 11.5 Å². The Morgan fingerprint density at radius 3 is 2.58 bits per heavy atom. The van der Waals surface area contributed by atoms with E-state index in [4.69, 9.17) is 0 Å². The van der Waals surface area contributed by atoms with Crippen molar-refractivity contribution in [1.82, 2.24) is 10.2 Å². The Balaban J connectivity index is 2.41. The molecule has 0 spiro atoms. The van der Waals surface area contributed by atoms with Crippen LogP contribution in [0.1, 0.15) is 39.7 Å². The number of nitrogens with zero attached hydrogens (tertiary/aromatic N) is 1. The van der Waals surface area contributed by atoms with Crippen LogP contribution in [0.25, 0.3) is 0 Å². The Hall–Kier alpha value is 0.100. The van der Waals surface area contributed by atoms with Crippen molar-refractivity contribution in [2.45, 2.75) is 46.7 Å². The third-order valence-electron chi connectivity index (χ3n) is 3.37. The van der Waals surface area contributed by atoms with E-state index in [1.165, 1.54) is 15.8 Å². The average Bonchev–Trinajstić information content (AvgIpc) is 2.68. The van der Waals surface area contributed by atoms with Gasteiger partial charge in [0.15, 0.2) is 0 Å². The number of halogens is 1. The highest BCUT2D eigenvalue weighted by Gasteiger charge is 2.23. The summed E-state index contributed by atoms with van der Waals surface area (Å²) in [6, 6.07) is 2.79. The van der Waals surface area contributed by atoms with Gasteiger partial charge in [0.1, 0.15) is 0 Å². The van der Waals surface area contributed by atoms with Gasteiger partial charge in [-0.15, -0.1) is 11.3 Å². The number of hydrogen-bond donors (Lipinski definition) is 1. The molecule has 1 heterocycles. The first-order valence-corrected chi connectivity index (χ1v) is 8.65. The fourth-order valence-corrected chi connectivity index (χ4v) is 3.46. The van der Waals surface area contributed by atoms with Crippen LogP contribution in [0.3, 0.4) is 0 Å². The van der Waals surface area contributed by atoms with Gasteiger partial charge in [-0.25, -0.2) is 0 Å². The molecular weight excluding hydrogens is 320 g/mol. The highest BCUT2D eigenvalue weighted by atomic mass is 79.9. The predicted octanol–water partition coefficient (Wildman–Crippen LogP) is 4.36. The van der Waals surface area contributed by atoms with Crippen molar-refractivity contribution in [3.63, 3.8) is 0 Å². The van der Waals surface area contributed by atoms with Gasteiger partial charge in [0, 0.05) is 12.6 Å². The largest absolute Gasteiger partial charge is 0.314 e. The number of nitrogens with one attached hydrogen (secondary N) is 1. The van der Waals surface area contributed by atoms with Gasteiger partial charge in [0.2, 0.25) is 0 Å². The van der Waals surface area contributed by atoms with E-state index < -0.39 is 0 Å². The molecule has 4 heteroatoms. The summed E-state index contributed by atoms with van der Waals surface area (Å²) in [5, 5.41) is 5.84. The highest BCUT2D eigenvalue weighted by molar-refractivity contribution is 9.11. The van der Waals surface area contributed by atoms with Crippen molar-refractivity contribution >= 4 is 27.3 Å². The third kappa shape index (κ3) is 6.39. The van der Waals surface area contributed by atoms with Crippen LogP contribution in [0.4, 0.5) is 0 Å². The molecule has 0 fully saturated rings. The summed E-state index contributed by atoms with van der Waals surface area (Å²) < 4.78 is 1.22. The smallest absolute Gasteiger partial charge is 0.0701 e. The summed E-state index contributed by atoms with van der Waals surface area (Å²) in [5.41, 5.74) is 1.72. The Bertz CT molecular complexity index is 370. The monoisotopic (exact) mass is 346 g/mol. The second-order valence-electron chi connectivity index (χ2n) is 6.26. The van der Waals surface area contributed by atoms with Gasteiger partial charge in [0.25, 0.3) is 0 Å². The van der Waals surface area contributed by atoms with Crippen molar-refractivity contribution in [3.05, 3.63) is 20.8 Å².